The van der Waals surface area contributed by atoms with Gasteiger partial charge in [0.1, 0.15) is 0 Å². The van der Waals surface area contributed by atoms with Gasteiger partial charge in [-0.25, -0.2) is 0 Å². The molecule has 0 saturated carbocycles. The summed E-state index contributed by atoms with van der Waals surface area (Å²) >= 11 is 7.67. The van der Waals surface area contributed by atoms with E-state index in [2.05, 4.69) is 29.0 Å². The molecule has 112 valence electrons. The maximum atomic E-state index is 5.86. The van der Waals surface area contributed by atoms with Crippen LogP contribution in [0.1, 0.15) is 0 Å². The van der Waals surface area contributed by atoms with Gasteiger partial charge in [-0.1, -0.05) is 11.6 Å². The molecule has 1 saturated heterocycles. The molecule has 0 spiro atoms. The Balaban J connectivity index is 1.48. The van der Waals surface area contributed by atoms with Gasteiger partial charge in [-0.05, 0) is 31.3 Å². The molecular weight excluding hydrogens is 292 g/mol. The summed E-state index contributed by atoms with van der Waals surface area (Å²) in [6.07, 6.45) is 0. The molecule has 0 radical (unpaired) electrons. The van der Waals surface area contributed by atoms with Gasteiger partial charge in [0.2, 0.25) is 0 Å². The van der Waals surface area contributed by atoms with Crippen LogP contribution in [0.3, 0.4) is 0 Å². The van der Waals surface area contributed by atoms with Gasteiger partial charge >= 0.3 is 0 Å². The van der Waals surface area contributed by atoms with Gasteiger partial charge in [-0.15, -0.1) is 11.8 Å². The number of rotatable bonds is 7. The zero-order valence-corrected chi connectivity index (χ0v) is 13.6. The Morgan fingerprint density at radius 2 is 1.80 bits per heavy atom. The first-order chi connectivity index (χ1) is 9.74. The van der Waals surface area contributed by atoms with Crippen molar-refractivity contribution >= 4 is 23.4 Å². The van der Waals surface area contributed by atoms with Crippen molar-refractivity contribution in [2.45, 2.75) is 4.90 Å². The van der Waals surface area contributed by atoms with Crippen LogP contribution in [0.25, 0.3) is 0 Å². The van der Waals surface area contributed by atoms with E-state index in [4.69, 9.17) is 16.3 Å². The molecule has 5 heteroatoms. The summed E-state index contributed by atoms with van der Waals surface area (Å²) in [6, 6.07) is 7.96. The van der Waals surface area contributed by atoms with Crippen LogP contribution in [-0.2, 0) is 4.74 Å². The summed E-state index contributed by atoms with van der Waals surface area (Å²) in [6.45, 7) is 7.38. The molecular formula is C15H23ClN2OS. The van der Waals surface area contributed by atoms with Crippen molar-refractivity contribution in [3.63, 3.8) is 0 Å². The van der Waals surface area contributed by atoms with Gasteiger partial charge in [0.05, 0.1) is 13.2 Å². The summed E-state index contributed by atoms with van der Waals surface area (Å²) in [7, 11) is 2.18. The molecule has 0 amide bonds. The van der Waals surface area contributed by atoms with Crippen LogP contribution >= 0.6 is 23.4 Å². The van der Waals surface area contributed by atoms with E-state index in [-0.39, 0.29) is 0 Å². The molecule has 1 aliphatic rings. The van der Waals surface area contributed by atoms with E-state index in [0.29, 0.717) is 0 Å². The standard InChI is InChI=1S/C15H23ClN2OS/c1-17-6-8-18(9-7-17)10-11-19-12-13-20-15-4-2-14(16)3-5-15/h2-5H,6-13H2,1H3. The van der Waals surface area contributed by atoms with Crippen molar-refractivity contribution in [3.8, 4) is 0 Å². The number of benzene rings is 1. The highest BCUT2D eigenvalue weighted by atomic mass is 35.5. The zero-order chi connectivity index (χ0) is 14.2. The van der Waals surface area contributed by atoms with Crippen molar-refractivity contribution in [2.24, 2.45) is 0 Å². The summed E-state index contributed by atoms with van der Waals surface area (Å²) in [5.74, 6) is 0.990. The van der Waals surface area contributed by atoms with Gasteiger partial charge in [-0.2, -0.15) is 0 Å². The Morgan fingerprint density at radius 3 is 2.50 bits per heavy atom. The predicted molar refractivity (Wildman–Crippen MR) is 86.9 cm³/mol. The van der Waals surface area contributed by atoms with E-state index in [1.54, 1.807) is 0 Å². The third-order valence-electron chi connectivity index (χ3n) is 3.46. The Morgan fingerprint density at radius 1 is 1.10 bits per heavy atom. The van der Waals surface area contributed by atoms with Gasteiger partial charge < -0.3 is 9.64 Å². The van der Waals surface area contributed by atoms with Crippen molar-refractivity contribution in [3.05, 3.63) is 29.3 Å². The maximum absolute atomic E-state index is 5.86. The molecule has 2 rings (SSSR count). The first-order valence-electron chi connectivity index (χ1n) is 7.11. The van der Waals surface area contributed by atoms with Crippen LogP contribution in [0.15, 0.2) is 29.2 Å². The van der Waals surface area contributed by atoms with Crippen molar-refractivity contribution in [1.82, 2.24) is 9.80 Å². The SMILES string of the molecule is CN1CCN(CCOCCSc2ccc(Cl)cc2)CC1. The van der Waals surface area contributed by atoms with Crippen LogP contribution in [0, 0.1) is 0 Å². The lowest BCUT2D eigenvalue weighted by molar-refractivity contribution is 0.0893. The molecule has 0 unspecified atom stereocenters. The average Bonchev–Trinajstić information content (AvgIpc) is 2.46. The van der Waals surface area contributed by atoms with Crippen LogP contribution in [0.2, 0.25) is 5.02 Å². The number of halogens is 1. The van der Waals surface area contributed by atoms with Crippen LogP contribution < -0.4 is 0 Å². The lowest BCUT2D eigenvalue weighted by Gasteiger charge is -2.32. The van der Waals surface area contributed by atoms with E-state index >= 15 is 0 Å². The van der Waals surface area contributed by atoms with Crippen LogP contribution in [0.4, 0.5) is 0 Å². The summed E-state index contributed by atoms with van der Waals surface area (Å²) in [5.41, 5.74) is 0. The highest BCUT2D eigenvalue weighted by Gasteiger charge is 2.12. The Kier molecular flexibility index (Phi) is 7.17. The first-order valence-corrected chi connectivity index (χ1v) is 8.47. The molecule has 1 aliphatic heterocycles. The number of ether oxygens (including phenoxy) is 1. The number of likely N-dealkylation sites (N-methyl/N-ethyl adjacent to an activating group) is 1. The lowest BCUT2D eigenvalue weighted by atomic mass is 10.3. The van der Waals surface area contributed by atoms with Crippen molar-refractivity contribution < 1.29 is 4.74 Å². The molecule has 0 aromatic heterocycles. The second kappa shape index (κ2) is 8.90. The van der Waals surface area contributed by atoms with Crippen LogP contribution in [-0.4, -0.2) is 68.5 Å². The predicted octanol–water partition coefficient (Wildman–Crippen LogP) is 2.70. The van der Waals surface area contributed by atoms with Gasteiger partial charge in [-0.3, -0.25) is 4.90 Å². The normalized spacial score (nSPS) is 17.5. The average molecular weight is 315 g/mol. The quantitative estimate of drug-likeness (QED) is 0.568. The molecule has 1 heterocycles. The number of thioether (sulfide) groups is 1. The second-order valence-electron chi connectivity index (χ2n) is 5.06. The largest absolute Gasteiger partial charge is 0.379 e. The zero-order valence-electron chi connectivity index (χ0n) is 12.1. The maximum Gasteiger partial charge on any atom is 0.0593 e. The summed E-state index contributed by atoms with van der Waals surface area (Å²) in [5, 5.41) is 0.790. The molecule has 0 N–H and O–H groups in total. The van der Waals surface area contributed by atoms with Crippen molar-refractivity contribution in [2.75, 3.05) is 58.7 Å². The van der Waals surface area contributed by atoms with Crippen LogP contribution in [0.5, 0.6) is 0 Å². The monoisotopic (exact) mass is 314 g/mol. The smallest absolute Gasteiger partial charge is 0.0593 e. The molecule has 20 heavy (non-hydrogen) atoms. The molecule has 0 aliphatic carbocycles. The number of hydrogen-bond acceptors (Lipinski definition) is 4. The third kappa shape index (κ3) is 6.02. The number of piperazine rings is 1. The number of hydrogen-bond donors (Lipinski definition) is 0. The first kappa shape index (κ1) is 16.1. The van der Waals surface area contributed by atoms with E-state index < -0.39 is 0 Å². The second-order valence-corrected chi connectivity index (χ2v) is 6.66. The fraction of sp³-hybridized carbons (Fsp3) is 0.600. The lowest BCUT2D eigenvalue weighted by Crippen LogP contribution is -2.45. The topological polar surface area (TPSA) is 15.7 Å². The highest BCUT2D eigenvalue weighted by Crippen LogP contribution is 2.19. The highest BCUT2D eigenvalue weighted by molar-refractivity contribution is 7.99. The molecule has 1 fully saturated rings. The molecule has 1 aromatic carbocycles. The molecule has 0 bridgehead atoms. The fourth-order valence-electron chi connectivity index (χ4n) is 2.12. The number of nitrogens with zero attached hydrogens (tertiary/aromatic N) is 2. The molecule has 3 nitrogen and oxygen atoms in total. The van der Waals surface area contributed by atoms with Crippen molar-refractivity contribution in [1.29, 1.82) is 0 Å². The summed E-state index contributed by atoms with van der Waals surface area (Å²) in [4.78, 5) is 6.10. The fourth-order valence-corrected chi connectivity index (χ4v) is 3.01. The minimum atomic E-state index is 0.790. The van der Waals surface area contributed by atoms with Gasteiger partial charge in [0.15, 0.2) is 0 Å². The Bertz CT molecular complexity index is 380. The minimum Gasteiger partial charge on any atom is -0.379 e. The Hall–Kier alpha value is -0.260. The van der Waals surface area contributed by atoms with E-state index in [1.165, 1.54) is 31.1 Å². The van der Waals surface area contributed by atoms with E-state index in [1.807, 2.05) is 23.9 Å². The molecule has 1 aromatic rings. The van der Waals surface area contributed by atoms with E-state index in [0.717, 1.165) is 30.5 Å². The van der Waals surface area contributed by atoms with Gasteiger partial charge in [0.25, 0.3) is 0 Å². The molecule has 0 atom stereocenters. The Labute approximate surface area is 131 Å². The van der Waals surface area contributed by atoms with E-state index in [9.17, 15) is 0 Å². The third-order valence-corrected chi connectivity index (χ3v) is 4.69. The summed E-state index contributed by atoms with van der Waals surface area (Å²) < 4.78 is 5.71. The minimum absolute atomic E-state index is 0.790. The van der Waals surface area contributed by atoms with Gasteiger partial charge in [0, 0.05) is 48.4 Å².